The van der Waals surface area contributed by atoms with E-state index >= 15 is 0 Å². The highest BCUT2D eigenvalue weighted by molar-refractivity contribution is 7.99. The van der Waals surface area contributed by atoms with E-state index in [-0.39, 0.29) is 17.8 Å². The van der Waals surface area contributed by atoms with Crippen LogP contribution in [-0.2, 0) is 7.05 Å². The van der Waals surface area contributed by atoms with Crippen LogP contribution >= 0.6 is 11.8 Å². The van der Waals surface area contributed by atoms with Crippen LogP contribution in [0.2, 0.25) is 0 Å². The number of carbonyl (C=O) groups excluding carboxylic acids is 1. The van der Waals surface area contributed by atoms with Crippen LogP contribution in [-0.4, -0.2) is 26.4 Å². The summed E-state index contributed by atoms with van der Waals surface area (Å²) in [6.07, 6.45) is 0.770. The van der Waals surface area contributed by atoms with Crippen molar-refractivity contribution in [3.8, 4) is 0 Å². The van der Waals surface area contributed by atoms with Crippen LogP contribution in [0.5, 0.6) is 0 Å². The average Bonchev–Trinajstić information content (AvgIpc) is 2.88. The van der Waals surface area contributed by atoms with Gasteiger partial charge in [0.15, 0.2) is 5.65 Å². The lowest BCUT2D eigenvalue weighted by molar-refractivity contribution is 0.0936. The molecule has 134 valence electrons. The van der Waals surface area contributed by atoms with Gasteiger partial charge in [0.1, 0.15) is 5.82 Å². The molecule has 3 heterocycles. The van der Waals surface area contributed by atoms with Crippen molar-refractivity contribution in [1.29, 1.82) is 0 Å². The molecule has 1 aliphatic rings. The number of nitrogens with zero attached hydrogens (tertiary/aromatic N) is 3. The van der Waals surface area contributed by atoms with Gasteiger partial charge in [-0.25, -0.2) is 9.37 Å². The SMILES string of the molecule is Cc1cc(C(=O)N[C@@H]2CCSc3ccc(F)cc32)c2c(C)nn(C)c2n1. The second-order valence-corrected chi connectivity index (χ2v) is 7.70. The summed E-state index contributed by atoms with van der Waals surface area (Å²) in [4.78, 5) is 18.6. The number of aryl methyl sites for hydroxylation is 3. The summed E-state index contributed by atoms with van der Waals surface area (Å²) in [5.74, 6) is 0.430. The maximum atomic E-state index is 13.7. The molecule has 3 aromatic rings. The summed E-state index contributed by atoms with van der Waals surface area (Å²) in [5.41, 5.74) is 3.63. The first-order chi connectivity index (χ1) is 12.4. The maximum absolute atomic E-state index is 13.7. The van der Waals surface area contributed by atoms with Crippen LogP contribution in [0.1, 0.15) is 39.8 Å². The summed E-state index contributed by atoms with van der Waals surface area (Å²) < 4.78 is 15.4. The molecule has 1 N–H and O–H groups in total. The number of carbonyl (C=O) groups is 1. The van der Waals surface area contributed by atoms with E-state index in [4.69, 9.17) is 0 Å². The molecule has 2 aromatic heterocycles. The topological polar surface area (TPSA) is 59.8 Å². The molecule has 1 atom stereocenters. The Morgan fingerprint density at radius 3 is 2.96 bits per heavy atom. The Morgan fingerprint density at radius 2 is 2.15 bits per heavy atom. The van der Waals surface area contributed by atoms with E-state index in [1.54, 1.807) is 28.6 Å². The van der Waals surface area contributed by atoms with Crippen molar-refractivity contribution in [2.24, 2.45) is 7.05 Å². The van der Waals surface area contributed by atoms with Crippen molar-refractivity contribution in [3.05, 3.63) is 52.6 Å². The van der Waals surface area contributed by atoms with Crippen molar-refractivity contribution in [1.82, 2.24) is 20.1 Å². The molecule has 0 aliphatic carbocycles. The molecule has 4 rings (SSSR count). The van der Waals surface area contributed by atoms with Gasteiger partial charge in [-0.1, -0.05) is 0 Å². The van der Waals surface area contributed by atoms with Gasteiger partial charge in [0.25, 0.3) is 5.91 Å². The number of aromatic nitrogens is 3. The molecule has 1 aromatic carbocycles. The quantitative estimate of drug-likeness (QED) is 0.747. The van der Waals surface area contributed by atoms with Crippen LogP contribution in [0.4, 0.5) is 4.39 Å². The van der Waals surface area contributed by atoms with Crippen molar-refractivity contribution >= 4 is 28.7 Å². The molecular formula is C19H19FN4OS. The minimum atomic E-state index is -0.282. The van der Waals surface area contributed by atoms with Crippen molar-refractivity contribution in [2.75, 3.05) is 5.75 Å². The molecule has 7 heteroatoms. The molecule has 0 radical (unpaired) electrons. The number of hydrogen-bond acceptors (Lipinski definition) is 4. The first kappa shape index (κ1) is 17.0. The zero-order chi connectivity index (χ0) is 18.4. The highest BCUT2D eigenvalue weighted by Crippen LogP contribution is 2.36. The largest absolute Gasteiger partial charge is 0.345 e. The standard InChI is InChI=1S/C19H19FN4OS/c1-10-8-14(17-11(2)23-24(3)18(17)21-10)19(25)22-15-6-7-26-16-5-4-12(20)9-13(15)16/h4-5,8-9,15H,6-7H2,1-3H3,(H,22,25)/t15-/m1/s1. The summed E-state index contributed by atoms with van der Waals surface area (Å²) in [7, 11) is 1.82. The fourth-order valence-corrected chi connectivity index (χ4v) is 4.61. The van der Waals surface area contributed by atoms with Crippen molar-refractivity contribution in [2.45, 2.75) is 31.2 Å². The third-order valence-electron chi connectivity index (χ3n) is 4.66. The monoisotopic (exact) mass is 370 g/mol. The summed E-state index contributed by atoms with van der Waals surface area (Å²) in [6.45, 7) is 3.73. The Kier molecular flexibility index (Phi) is 4.19. The number of fused-ring (bicyclic) bond motifs is 2. The highest BCUT2D eigenvalue weighted by Gasteiger charge is 2.25. The molecule has 26 heavy (non-hydrogen) atoms. The van der Waals surface area contributed by atoms with Crippen LogP contribution < -0.4 is 5.32 Å². The summed E-state index contributed by atoms with van der Waals surface area (Å²) in [6, 6.07) is 6.36. The van der Waals surface area contributed by atoms with Gasteiger partial charge in [-0.3, -0.25) is 9.48 Å². The van der Waals surface area contributed by atoms with Gasteiger partial charge in [0.05, 0.1) is 22.7 Å². The van der Waals surface area contributed by atoms with E-state index in [1.165, 1.54) is 12.1 Å². The minimum Gasteiger partial charge on any atom is -0.345 e. The number of halogens is 1. The first-order valence-electron chi connectivity index (χ1n) is 8.48. The predicted molar refractivity (Wildman–Crippen MR) is 99.9 cm³/mol. The first-order valence-corrected chi connectivity index (χ1v) is 9.46. The number of pyridine rings is 1. The third kappa shape index (κ3) is 2.86. The smallest absolute Gasteiger partial charge is 0.252 e. The Hall–Kier alpha value is -2.41. The summed E-state index contributed by atoms with van der Waals surface area (Å²) >= 11 is 1.69. The van der Waals surface area contributed by atoms with Gasteiger partial charge < -0.3 is 5.32 Å². The molecule has 0 spiro atoms. The lowest BCUT2D eigenvalue weighted by atomic mass is 10.0. The van der Waals surface area contributed by atoms with Gasteiger partial charge in [-0.15, -0.1) is 11.8 Å². The lowest BCUT2D eigenvalue weighted by Crippen LogP contribution is -2.31. The Balaban J connectivity index is 1.73. The number of benzene rings is 1. The molecule has 1 aliphatic heterocycles. The molecule has 0 saturated carbocycles. The van der Waals surface area contributed by atoms with Crippen molar-refractivity contribution in [3.63, 3.8) is 0 Å². The molecule has 0 bridgehead atoms. The fraction of sp³-hybridized carbons (Fsp3) is 0.316. The lowest BCUT2D eigenvalue weighted by Gasteiger charge is -2.26. The van der Waals surface area contributed by atoms with E-state index in [9.17, 15) is 9.18 Å². The second kappa shape index (κ2) is 6.39. The number of amides is 1. The molecular weight excluding hydrogens is 351 g/mol. The van der Waals surface area contributed by atoms with Gasteiger partial charge >= 0.3 is 0 Å². The Morgan fingerprint density at radius 1 is 1.35 bits per heavy atom. The zero-order valence-corrected chi connectivity index (χ0v) is 15.7. The fourth-order valence-electron chi connectivity index (χ4n) is 3.50. The van der Waals surface area contributed by atoms with E-state index in [0.29, 0.717) is 11.2 Å². The van der Waals surface area contributed by atoms with E-state index in [1.807, 2.05) is 20.9 Å². The normalized spacial score (nSPS) is 16.5. The van der Waals surface area contributed by atoms with E-state index in [2.05, 4.69) is 15.4 Å². The number of nitrogens with one attached hydrogen (secondary N) is 1. The van der Waals surface area contributed by atoms with Crippen LogP contribution in [0.25, 0.3) is 11.0 Å². The molecule has 0 fully saturated rings. The second-order valence-electron chi connectivity index (χ2n) is 6.56. The molecule has 0 saturated heterocycles. The van der Waals surface area contributed by atoms with Gasteiger partial charge in [0.2, 0.25) is 0 Å². The summed E-state index contributed by atoms with van der Waals surface area (Å²) in [5, 5.41) is 8.24. The van der Waals surface area contributed by atoms with Gasteiger partial charge in [0, 0.05) is 23.4 Å². The van der Waals surface area contributed by atoms with E-state index < -0.39 is 0 Å². The molecule has 1 amide bonds. The van der Waals surface area contributed by atoms with Crippen LogP contribution in [0, 0.1) is 19.7 Å². The number of thioether (sulfide) groups is 1. The van der Waals surface area contributed by atoms with E-state index in [0.717, 1.165) is 39.4 Å². The average molecular weight is 370 g/mol. The zero-order valence-electron chi connectivity index (χ0n) is 14.8. The predicted octanol–water partition coefficient (Wildman–Crippen LogP) is 3.69. The number of rotatable bonds is 2. The molecule has 5 nitrogen and oxygen atoms in total. The van der Waals surface area contributed by atoms with Crippen molar-refractivity contribution < 1.29 is 9.18 Å². The highest BCUT2D eigenvalue weighted by atomic mass is 32.2. The Labute approximate surface area is 155 Å². The molecule has 0 unspecified atom stereocenters. The Bertz CT molecular complexity index is 1030. The number of hydrogen-bond donors (Lipinski definition) is 1. The third-order valence-corrected chi connectivity index (χ3v) is 5.78. The minimum absolute atomic E-state index is 0.177. The van der Waals surface area contributed by atoms with Gasteiger partial charge in [-0.05, 0) is 50.1 Å². The maximum Gasteiger partial charge on any atom is 0.252 e. The van der Waals surface area contributed by atoms with Crippen LogP contribution in [0.3, 0.4) is 0 Å². The van der Waals surface area contributed by atoms with Gasteiger partial charge in [-0.2, -0.15) is 5.10 Å². The van der Waals surface area contributed by atoms with Crippen LogP contribution in [0.15, 0.2) is 29.2 Å².